The van der Waals surface area contributed by atoms with E-state index in [0.29, 0.717) is 33.5 Å². The highest BCUT2D eigenvalue weighted by Crippen LogP contribution is 2.31. The lowest BCUT2D eigenvalue weighted by Crippen LogP contribution is -2.33. The Morgan fingerprint density at radius 1 is 0.872 bits per heavy atom. The number of ether oxygens (including phenoxy) is 2. The maximum Gasteiger partial charge on any atom is 0.286 e. The second-order valence-corrected chi connectivity index (χ2v) is 11.1. The number of nitrogens with two attached hydrogens (primary N) is 1. The quantitative estimate of drug-likeness (QED) is 0.150. The van der Waals surface area contributed by atoms with Gasteiger partial charge in [-0.15, -0.1) is 0 Å². The molecule has 1 aromatic heterocycles. The van der Waals surface area contributed by atoms with Crippen molar-refractivity contribution in [2.75, 3.05) is 11.1 Å². The zero-order valence-corrected chi connectivity index (χ0v) is 25.3. The maximum absolute atomic E-state index is 13.4. The molecular weight excluding hydrogens is 598 g/mol. The zero-order valence-electron chi connectivity index (χ0n) is 25.3. The van der Waals surface area contributed by atoms with Crippen molar-refractivity contribution in [3.8, 4) is 0 Å². The molecule has 2 heterocycles. The van der Waals surface area contributed by atoms with Crippen LogP contribution in [0.4, 0.5) is 11.4 Å². The number of benzene rings is 4. The van der Waals surface area contributed by atoms with Crippen LogP contribution in [0.15, 0.2) is 124 Å². The van der Waals surface area contributed by atoms with Gasteiger partial charge in [0.2, 0.25) is 6.29 Å². The fraction of sp³-hybridized carbons (Fsp3) is 0.162. The third kappa shape index (κ3) is 7.41. The number of rotatable bonds is 10. The van der Waals surface area contributed by atoms with Gasteiger partial charge in [-0.2, -0.15) is 0 Å². The summed E-state index contributed by atoms with van der Waals surface area (Å²) in [6.07, 6.45) is 2.51. The molecule has 0 aliphatic carbocycles. The van der Waals surface area contributed by atoms with Gasteiger partial charge in [0.05, 0.1) is 36.2 Å². The number of hydrogen-bond donors (Lipinski definition) is 4. The van der Waals surface area contributed by atoms with Crippen molar-refractivity contribution in [1.82, 2.24) is 5.32 Å². The molecule has 1 aliphatic rings. The molecule has 4 aromatic carbocycles. The van der Waals surface area contributed by atoms with Crippen LogP contribution in [0.2, 0.25) is 0 Å². The van der Waals surface area contributed by atoms with Gasteiger partial charge in [0, 0.05) is 30.0 Å². The number of nitrogen functional groups attached to an aromatic ring is 1. The molecule has 5 N–H and O–H groups in total. The molecule has 0 unspecified atom stereocenters. The van der Waals surface area contributed by atoms with E-state index in [-0.39, 0.29) is 43.3 Å². The highest BCUT2D eigenvalue weighted by molar-refractivity contribution is 6.05. The highest BCUT2D eigenvalue weighted by Gasteiger charge is 2.31. The van der Waals surface area contributed by atoms with Crippen LogP contribution in [0.5, 0.6) is 0 Å². The molecule has 0 bridgehead atoms. The Balaban J connectivity index is 1.16. The molecule has 2 atom stereocenters. The summed E-state index contributed by atoms with van der Waals surface area (Å²) in [5, 5.41) is 15.4. The van der Waals surface area contributed by atoms with Crippen LogP contribution < -0.4 is 21.8 Å². The number of amides is 2. The van der Waals surface area contributed by atoms with Gasteiger partial charge in [-0.3, -0.25) is 14.4 Å². The van der Waals surface area contributed by atoms with Crippen molar-refractivity contribution in [2.45, 2.75) is 38.4 Å². The normalized spacial score (nSPS) is 15.8. The van der Waals surface area contributed by atoms with Gasteiger partial charge in [0.25, 0.3) is 11.8 Å². The Morgan fingerprint density at radius 2 is 1.57 bits per heavy atom. The predicted octanol–water partition coefficient (Wildman–Crippen LogP) is 5.37. The van der Waals surface area contributed by atoms with Crippen molar-refractivity contribution in [3.05, 3.63) is 153 Å². The molecule has 1 aliphatic heterocycles. The van der Waals surface area contributed by atoms with E-state index in [2.05, 4.69) is 10.6 Å². The zero-order chi connectivity index (χ0) is 32.8. The number of hydrogen-bond acceptors (Lipinski definition) is 8. The monoisotopic (exact) mass is 631 g/mol. The minimum absolute atomic E-state index is 0.0193. The number of carbonyl (C=O) groups excluding carboxylic acids is 2. The molecule has 0 radical (unpaired) electrons. The molecule has 238 valence electrons. The van der Waals surface area contributed by atoms with Gasteiger partial charge in [-0.1, -0.05) is 60.7 Å². The molecular formula is C37H33N3O7. The number of fused-ring (bicyclic) bond motifs is 1. The van der Waals surface area contributed by atoms with E-state index in [1.54, 1.807) is 91.0 Å². The van der Waals surface area contributed by atoms with Crippen LogP contribution in [0.3, 0.4) is 0 Å². The second-order valence-electron chi connectivity index (χ2n) is 11.1. The molecule has 5 aromatic rings. The van der Waals surface area contributed by atoms with Crippen LogP contribution in [0, 0.1) is 0 Å². The summed E-state index contributed by atoms with van der Waals surface area (Å²) in [4.78, 5) is 39.5. The average molecular weight is 632 g/mol. The van der Waals surface area contributed by atoms with Crippen LogP contribution in [0.1, 0.15) is 45.0 Å². The van der Waals surface area contributed by atoms with Gasteiger partial charge in [0.15, 0.2) is 11.2 Å². The summed E-state index contributed by atoms with van der Waals surface area (Å²) in [5.74, 6) is -1.28. The molecule has 47 heavy (non-hydrogen) atoms. The molecule has 0 saturated heterocycles. The standard InChI is InChI=1S/C37H33N3O7/c38-30-6-2-3-7-31(30)40-36(43)26-15-13-23(14-16-26)19-39-37(44)33-17-27(29-22-45-32-8-4-1-5-28(32)35(29)42)18-34(47-33)46-21-25-11-9-24(20-41)10-12-25/h1-17,22,27,34,41H,18-21,38H2,(H,39,44)(H,40,43)/t27-,34+/m0/s1. The Hall–Kier alpha value is -5.71. The fourth-order valence-electron chi connectivity index (χ4n) is 5.26. The van der Waals surface area contributed by atoms with Crippen molar-refractivity contribution in [1.29, 1.82) is 0 Å². The minimum atomic E-state index is -0.828. The van der Waals surface area contributed by atoms with Crippen molar-refractivity contribution < 1.29 is 28.6 Å². The van der Waals surface area contributed by atoms with E-state index in [1.807, 2.05) is 12.1 Å². The van der Waals surface area contributed by atoms with Crippen molar-refractivity contribution in [3.63, 3.8) is 0 Å². The van der Waals surface area contributed by atoms with Crippen molar-refractivity contribution >= 4 is 34.2 Å². The van der Waals surface area contributed by atoms with Gasteiger partial charge in [-0.25, -0.2) is 0 Å². The Kier molecular flexibility index (Phi) is 9.42. The first-order chi connectivity index (χ1) is 22.9. The second kappa shape index (κ2) is 14.2. The number of nitrogens with one attached hydrogen (secondary N) is 2. The van der Waals surface area contributed by atoms with Crippen LogP contribution in [-0.4, -0.2) is 23.2 Å². The summed E-state index contributed by atoms with van der Waals surface area (Å²) >= 11 is 0. The molecule has 6 rings (SSSR count). The lowest BCUT2D eigenvalue weighted by atomic mass is 9.93. The molecule has 10 heteroatoms. The van der Waals surface area contributed by atoms with E-state index >= 15 is 0 Å². The van der Waals surface area contributed by atoms with E-state index in [0.717, 1.165) is 16.7 Å². The average Bonchev–Trinajstić information content (AvgIpc) is 3.11. The molecule has 0 saturated carbocycles. The number of aliphatic hydroxyl groups excluding tert-OH is 1. The number of carbonyl (C=O) groups is 2. The van der Waals surface area contributed by atoms with Crippen LogP contribution in [-0.2, 0) is 34.0 Å². The maximum atomic E-state index is 13.4. The summed E-state index contributed by atoms with van der Waals surface area (Å²) in [5.41, 5.74) is 10.4. The SMILES string of the molecule is Nc1ccccc1NC(=O)c1ccc(CNC(=O)C2=C[C@H](c3coc4ccccc4c3=O)C[C@H](OCc3ccc(CO)cc3)O2)cc1. The largest absolute Gasteiger partial charge is 0.464 e. The number of para-hydroxylation sites is 3. The lowest BCUT2D eigenvalue weighted by molar-refractivity contribution is -0.150. The Bertz CT molecular complexity index is 1980. The van der Waals surface area contributed by atoms with E-state index in [9.17, 15) is 19.5 Å². The van der Waals surface area contributed by atoms with E-state index < -0.39 is 18.1 Å². The van der Waals surface area contributed by atoms with E-state index in [1.165, 1.54) is 6.26 Å². The van der Waals surface area contributed by atoms with Crippen LogP contribution >= 0.6 is 0 Å². The summed E-state index contributed by atoms with van der Waals surface area (Å²) in [6, 6.07) is 28.1. The third-order valence-corrected chi connectivity index (χ3v) is 7.91. The first-order valence-corrected chi connectivity index (χ1v) is 15.1. The van der Waals surface area contributed by atoms with Gasteiger partial charge >= 0.3 is 0 Å². The molecule has 0 spiro atoms. The number of allylic oxidation sites excluding steroid dienone is 1. The Labute approximate surface area is 270 Å². The predicted molar refractivity (Wildman–Crippen MR) is 177 cm³/mol. The highest BCUT2D eigenvalue weighted by atomic mass is 16.7. The topological polar surface area (TPSA) is 153 Å². The first kappa shape index (κ1) is 31.3. The van der Waals surface area contributed by atoms with Gasteiger partial charge < -0.3 is 35.4 Å². The summed E-state index contributed by atoms with van der Waals surface area (Å²) in [6.45, 7) is 0.301. The first-order valence-electron chi connectivity index (χ1n) is 15.1. The summed E-state index contributed by atoms with van der Waals surface area (Å²) < 4.78 is 17.8. The van der Waals surface area contributed by atoms with Crippen molar-refractivity contribution in [2.24, 2.45) is 0 Å². The smallest absolute Gasteiger partial charge is 0.286 e. The fourth-order valence-corrected chi connectivity index (χ4v) is 5.26. The minimum Gasteiger partial charge on any atom is -0.464 e. The summed E-state index contributed by atoms with van der Waals surface area (Å²) in [7, 11) is 0. The van der Waals surface area contributed by atoms with Crippen LogP contribution in [0.25, 0.3) is 11.0 Å². The van der Waals surface area contributed by atoms with E-state index in [4.69, 9.17) is 19.6 Å². The molecule has 2 amide bonds. The van der Waals surface area contributed by atoms with Gasteiger partial charge in [0.1, 0.15) is 5.58 Å². The molecule has 10 nitrogen and oxygen atoms in total. The number of anilines is 2. The third-order valence-electron chi connectivity index (χ3n) is 7.91. The Morgan fingerprint density at radius 3 is 2.34 bits per heavy atom. The molecule has 0 fully saturated rings. The number of aliphatic hydroxyl groups is 1. The van der Waals surface area contributed by atoms with Gasteiger partial charge in [-0.05, 0) is 59.2 Å². The lowest BCUT2D eigenvalue weighted by Gasteiger charge is -2.29.